The topological polar surface area (TPSA) is 68.0 Å². The molecule has 1 heterocycles. The minimum atomic E-state index is -1.05. The second-order valence-electron chi connectivity index (χ2n) is 3.87. The molecule has 3 rings (SSSR count). The molecule has 16 heavy (non-hydrogen) atoms. The van der Waals surface area contributed by atoms with Gasteiger partial charge in [0, 0.05) is 0 Å². The van der Waals surface area contributed by atoms with E-state index in [-0.39, 0.29) is 10.6 Å². The summed E-state index contributed by atoms with van der Waals surface area (Å²) in [7, 11) is 0. The molecule has 0 unspecified atom stereocenters. The van der Waals surface area contributed by atoms with Crippen molar-refractivity contribution in [2.75, 3.05) is 0 Å². The van der Waals surface area contributed by atoms with Crippen LogP contribution >= 0.6 is 11.6 Å². The number of carboxylic acid groups (broad SMARTS) is 1. The second-order valence-corrected chi connectivity index (χ2v) is 4.24. The zero-order chi connectivity index (χ0) is 11.3. The van der Waals surface area contributed by atoms with Crippen molar-refractivity contribution in [1.29, 1.82) is 0 Å². The van der Waals surface area contributed by atoms with Crippen molar-refractivity contribution in [1.82, 2.24) is 15.0 Å². The summed E-state index contributed by atoms with van der Waals surface area (Å²) in [6, 6.07) is 3.61. The third kappa shape index (κ3) is 1.28. The van der Waals surface area contributed by atoms with Gasteiger partial charge in [-0.1, -0.05) is 16.8 Å². The number of aromatic nitrogens is 3. The lowest BCUT2D eigenvalue weighted by molar-refractivity contribution is 0.0697. The Hall–Kier alpha value is -1.62. The molecule has 6 heteroatoms. The predicted octanol–water partition coefficient (Wildman–Crippen LogP) is 2.12. The molecule has 1 aliphatic carbocycles. The van der Waals surface area contributed by atoms with E-state index >= 15 is 0 Å². The van der Waals surface area contributed by atoms with Crippen molar-refractivity contribution in [3.63, 3.8) is 0 Å². The van der Waals surface area contributed by atoms with Gasteiger partial charge in [-0.15, -0.1) is 5.10 Å². The van der Waals surface area contributed by atoms with Crippen molar-refractivity contribution in [2.24, 2.45) is 0 Å². The SMILES string of the molecule is O=C(O)c1ccc2c(nnn2C2CC2)c1Cl. The van der Waals surface area contributed by atoms with Crippen molar-refractivity contribution < 1.29 is 9.90 Å². The second kappa shape index (κ2) is 3.18. The number of rotatable bonds is 2. The molecule has 0 amide bonds. The van der Waals surface area contributed by atoms with E-state index in [4.69, 9.17) is 16.7 Å². The summed E-state index contributed by atoms with van der Waals surface area (Å²) in [6.45, 7) is 0. The van der Waals surface area contributed by atoms with Crippen LogP contribution in [0.2, 0.25) is 5.02 Å². The zero-order valence-corrected chi connectivity index (χ0v) is 8.98. The smallest absolute Gasteiger partial charge is 0.337 e. The van der Waals surface area contributed by atoms with Crippen LogP contribution in [0.15, 0.2) is 12.1 Å². The molecule has 1 saturated carbocycles. The number of fused-ring (bicyclic) bond motifs is 1. The average Bonchev–Trinajstić information content (AvgIpc) is 2.99. The Morgan fingerprint density at radius 1 is 1.50 bits per heavy atom. The van der Waals surface area contributed by atoms with Crippen LogP contribution in [0.5, 0.6) is 0 Å². The number of hydrogen-bond acceptors (Lipinski definition) is 3. The van der Waals surface area contributed by atoms with Gasteiger partial charge in [-0.3, -0.25) is 0 Å². The van der Waals surface area contributed by atoms with Crippen molar-refractivity contribution >= 4 is 28.6 Å². The van der Waals surface area contributed by atoms with Crippen LogP contribution < -0.4 is 0 Å². The van der Waals surface area contributed by atoms with E-state index < -0.39 is 5.97 Å². The lowest BCUT2D eigenvalue weighted by atomic mass is 10.2. The van der Waals surface area contributed by atoms with Crippen LogP contribution in [-0.4, -0.2) is 26.1 Å². The van der Waals surface area contributed by atoms with Gasteiger partial charge in [-0.2, -0.15) is 0 Å². The standard InChI is InChI=1S/C10H8ClN3O2/c11-8-6(10(15)16)3-4-7-9(8)12-13-14(7)5-1-2-5/h3-5H,1-2H2,(H,15,16). The number of halogens is 1. The number of carboxylic acids is 1. The quantitative estimate of drug-likeness (QED) is 0.869. The molecular formula is C10H8ClN3O2. The van der Waals surface area contributed by atoms with E-state index in [9.17, 15) is 4.79 Å². The van der Waals surface area contributed by atoms with Crippen LogP contribution in [0.25, 0.3) is 11.0 Å². The maximum atomic E-state index is 10.9. The molecule has 1 fully saturated rings. The predicted molar refractivity (Wildman–Crippen MR) is 57.8 cm³/mol. The first-order valence-electron chi connectivity index (χ1n) is 4.95. The van der Waals surface area contributed by atoms with Crippen molar-refractivity contribution in [2.45, 2.75) is 18.9 Å². The van der Waals surface area contributed by atoms with Gasteiger partial charge in [-0.25, -0.2) is 9.48 Å². The van der Waals surface area contributed by atoms with E-state index in [0.717, 1.165) is 18.4 Å². The fourth-order valence-electron chi connectivity index (χ4n) is 1.73. The van der Waals surface area contributed by atoms with Gasteiger partial charge in [0.1, 0.15) is 5.52 Å². The lowest BCUT2D eigenvalue weighted by Gasteiger charge is -2.00. The van der Waals surface area contributed by atoms with Crippen LogP contribution in [0.1, 0.15) is 29.2 Å². The molecule has 5 nitrogen and oxygen atoms in total. The Labute approximate surface area is 95.6 Å². The number of aromatic carboxylic acids is 1. The Balaban J connectivity index is 2.25. The summed E-state index contributed by atoms with van der Waals surface area (Å²) in [5.41, 5.74) is 1.34. The molecule has 1 aromatic heterocycles. The fraction of sp³-hybridized carbons (Fsp3) is 0.300. The normalized spacial score (nSPS) is 15.6. The van der Waals surface area contributed by atoms with Gasteiger partial charge in [0.25, 0.3) is 0 Å². The van der Waals surface area contributed by atoms with Crippen molar-refractivity contribution in [3.05, 3.63) is 22.7 Å². The van der Waals surface area contributed by atoms with Gasteiger partial charge in [0.05, 0.1) is 22.1 Å². The summed E-state index contributed by atoms with van der Waals surface area (Å²) in [5.74, 6) is -1.05. The monoisotopic (exact) mass is 237 g/mol. The maximum Gasteiger partial charge on any atom is 0.337 e. The Morgan fingerprint density at radius 3 is 2.88 bits per heavy atom. The molecule has 0 spiro atoms. The molecule has 1 aromatic carbocycles. The highest BCUT2D eigenvalue weighted by atomic mass is 35.5. The van der Waals surface area contributed by atoms with E-state index in [0.29, 0.717) is 11.6 Å². The average molecular weight is 238 g/mol. The molecule has 2 aromatic rings. The number of hydrogen-bond donors (Lipinski definition) is 1. The molecule has 1 N–H and O–H groups in total. The summed E-state index contributed by atoms with van der Waals surface area (Å²) in [6.07, 6.45) is 2.19. The zero-order valence-electron chi connectivity index (χ0n) is 8.22. The van der Waals surface area contributed by atoms with E-state index in [2.05, 4.69) is 10.3 Å². The van der Waals surface area contributed by atoms with Crippen LogP contribution in [-0.2, 0) is 0 Å². The van der Waals surface area contributed by atoms with Gasteiger partial charge in [-0.05, 0) is 25.0 Å². The molecule has 0 aliphatic heterocycles. The first kappa shape index (κ1) is 9.59. The van der Waals surface area contributed by atoms with Gasteiger partial charge in [0.2, 0.25) is 0 Å². The molecule has 1 aliphatic rings. The highest BCUT2D eigenvalue weighted by molar-refractivity contribution is 6.37. The third-order valence-electron chi connectivity index (χ3n) is 2.71. The Kier molecular flexibility index (Phi) is 1.91. The molecular weight excluding hydrogens is 230 g/mol. The van der Waals surface area contributed by atoms with Crippen LogP contribution in [0.4, 0.5) is 0 Å². The number of carbonyl (C=O) groups is 1. The lowest BCUT2D eigenvalue weighted by Crippen LogP contribution is -1.99. The maximum absolute atomic E-state index is 10.9. The summed E-state index contributed by atoms with van der Waals surface area (Å²) >= 11 is 5.98. The highest BCUT2D eigenvalue weighted by Crippen LogP contribution is 2.37. The molecule has 82 valence electrons. The fourth-order valence-corrected chi connectivity index (χ4v) is 2.01. The van der Waals surface area contributed by atoms with Crippen molar-refractivity contribution in [3.8, 4) is 0 Å². The molecule has 0 radical (unpaired) electrons. The van der Waals surface area contributed by atoms with Gasteiger partial charge in [0.15, 0.2) is 0 Å². The van der Waals surface area contributed by atoms with Crippen LogP contribution in [0.3, 0.4) is 0 Å². The summed E-state index contributed by atoms with van der Waals surface area (Å²) in [4.78, 5) is 10.9. The third-order valence-corrected chi connectivity index (χ3v) is 3.09. The minimum absolute atomic E-state index is 0.0667. The molecule has 0 bridgehead atoms. The largest absolute Gasteiger partial charge is 0.478 e. The van der Waals surface area contributed by atoms with Gasteiger partial charge < -0.3 is 5.11 Å². The number of nitrogens with zero attached hydrogens (tertiary/aromatic N) is 3. The molecule has 0 atom stereocenters. The van der Waals surface area contributed by atoms with Gasteiger partial charge >= 0.3 is 5.97 Å². The summed E-state index contributed by atoms with van der Waals surface area (Å²) in [5, 5.41) is 17.0. The number of benzene rings is 1. The molecule has 0 saturated heterocycles. The Morgan fingerprint density at radius 2 is 2.25 bits per heavy atom. The summed E-state index contributed by atoms with van der Waals surface area (Å²) < 4.78 is 1.81. The van der Waals surface area contributed by atoms with E-state index in [1.807, 2.05) is 4.68 Å². The van der Waals surface area contributed by atoms with E-state index in [1.54, 1.807) is 6.07 Å². The Bertz CT molecular complexity index is 589. The first-order chi connectivity index (χ1) is 7.68. The van der Waals surface area contributed by atoms with Crippen LogP contribution in [0, 0.1) is 0 Å². The highest BCUT2D eigenvalue weighted by Gasteiger charge is 2.27. The minimum Gasteiger partial charge on any atom is -0.478 e. The first-order valence-corrected chi connectivity index (χ1v) is 5.33. The van der Waals surface area contributed by atoms with E-state index in [1.165, 1.54) is 6.07 Å².